The standard InChI is InChI=1S/C14H17N3O/c1-14(5-2-3-12(18)7-14)10-17-9-11-4-6-15-8-13(11)16-17/h4,6,8-9H,2-3,5,7,10H2,1H3. The minimum Gasteiger partial charge on any atom is -0.300 e. The summed E-state index contributed by atoms with van der Waals surface area (Å²) in [6.45, 7) is 3.00. The van der Waals surface area contributed by atoms with Crippen LogP contribution >= 0.6 is 0 Å². The maximum absolute atomic E-state index is 11.6. The van der Waals surface area contributed by atoms with E-state index < -0.39 is 0 Å². The zero-order valence-electron chi connectivity index (χ0n) is 10.6. The van der Waals surface area contributed by atoms with Gasteiger partial charge in [0.2, 0.25) is 0 Å². The summed E-state index contributed by atoms with van der Waals surface area (Å²) in [7, 11) is 0. The van der Waals surface area contributed by atoms with E-state index in [1.54, 1.807) is 12.4 Å². The van der Waals surface area contributed by atoms with Crippen LogP contribution in [0.5, 0.6) is 0 Å². The summed E-state index contributed by atoms with van der Waals surface area (Å²) in [6, 6.07) is 1.97. The highest BCUT2D eigenvalue weighted by Gasteiger charge is 2.31. The molecule has 2 aromatic heterocycles. The van der Waals surface area contributed by atoms with E-state index in [1.165, 1.54) is 0 Å². The van der Waals surface area contributed by atoms with Gasteiger partial charge in [0.1, 0.15) is 11.3 Å². The van der Waals surface area contributed by atoms with Gasteiger partial charge in [-0.25, -0.2) is 0 Å². The lowest BCUT2D eigenvalue weighted by molar-refractivity contribution is -0.123. The van der Waals surface area contributed by atoms with Gasteiger partial charge in [-0.15, -0.1) is 0 Å². The number of aromatic nitrogens is 3. The molecule has 1 aliphatic carbocycles. The lowest BCUT2D eigenvalue weighted by Crippen LogP contribution is -2.30. The predicted molar refractivity (Wildman–Crippen MR) is 69.1 cm³/mol. The molecule has 0 amide bonds. The summed E-state index contributed by atoms with van der Waals surface area (Å²) in [5, 5.41) is 5.63. The normalized spacial score (nSPS) is 24.6. The largest absolute Gasteiger partial charge is 0.300 e. The fourth-order valence-electron chi connectivity index (χ4n) is 2.89. The summed E-state index contributed by atoms with van der Waals surface area (Å²) in [6.07, 6.45) is 9.15. The quantitative estimate of drug-likeness (QED) is 0.814. The second-order valence-electron chi connectivity index (χ2n) is 5.64. The van der Waals surface area contributed by atoms with E-state index in [0.717, 1.165) is 36.7 Å². The highest BCUT2D eigenvalue weighted by molar-refractivity contribution is 5.80. The highest BCUT2D eigenvalue weighted by Crippen LogP contribution is 2.35. The van der Waals surface area contributed by atoms with Crippen molar-refractivity contribution in [1.29, 1.82) is 0 Å². The van der Waals surface area contributed by atoms with Crippen LogP contribution in [0.15, 0.2) is 24.7 Å². The molecule has 0 saturated heterocycles. The van der Waals surface area contributed by atoms with E-state index in [4.69, 9.17) is 0 Å². The van der Waals surface area contributed by atoms with Gasteiger partial charge in [-0.05, 0) is 24.3 Å². The smallest absolute Gasteiger partial charge is 0.133 e. The Hall–Kier alpha value is -1.71. The van der Waals surface area contributed by atoms with E-state index in [-0.39, 0.29) is 5.41 Å². The molecule has 0 radical (unpaired) electrons. The van der Waals surface area contributed by atoms with Crippen LogP contribution in [0.1, 0.15) is 32.6 Å². The summed E-state index contributed by atoms with van der Waals surface area (Å²) >= 11 is 0. The first-order chi connectivity index (χ1) is 8.65. The number of hydrogen-bond acceptors (Lipinski definition) is 3. The van der Waals surface area contributed by atoms with Crippen molar-refractivity contribution in [2.45, 2.75) is 39.2 Å². The SMILES string of the molecule is CC1(Cn2cc3ccncc3n2)CCCC(=O)C1. The van der Waals surface area contributed by atoms with Crippen LogP contribution in [0, 0.1) is 5.41 Å². The first-order valence-electron chi connectivity index (χ1n) is 6.44. The molecule has 1 atom stereocenters. The third-order valence-corrected chi connectivity index (χ3v) is 3.76. The number of Topliss-reactive ketones (excluding diaryl/α,β-unsaturated/α-hetero) is 1. The molecule has 0 N–H and O–H groups in total. The Balaban J connectivity index is 1.85. The van der Waals surface area contributed by atoms with Crippen molar-refractivity contribution in [2.24, 2.45) is 5.41 Å². The Morgan fingerprint density at radius 3 is 3.17 bits per heavy atom. The van der Waals surface area contributed by atoms with Gasteiger partial charge in [0.15, 0.2) is 0 Å². The maximum atomic E-state index is 11.6. The summed E-state index contributed by atoms with van der Waals surface area (Å²) < 4.78 is 1.96. The van der Waals surface area contributed by atoms with Gasteiger partial charge in [-0.3, -0.25) is 14.5 Å². The first kappa shape index (κ1) is 11.4. The van der Waals surface area contributed by atoms with E-state index in [2.05, 4.69) is 17.0 Å². The van der Waals surface area contributed by atoms with Crippen LogP contribution in [-0.2, 0) is 11.3 Å². The van der Waals surface area contributed by atoms with Crippen molar-refractivity contribution in [3.05, 3.63) is 24.7 Å². The van der Waals surface area contributed by atoms with Crippen molar-refractivity contribution < 1.29 is 4.79 Å². The molecule has 1 unspecified atom stereocenters. The summed E-state index contributed by atoms with van der Waals surface area (Å²) in [5.41, 5.74) is 0.980. The maximum Gasteiger partial charge on any atom is 0.133 e. The molecule has 0 bridgehead atoms. The Kier molecular flexibility index (Phi) is 2.65. The van der Waals surface area contributed by atoms with E-state index >= 15 is 0 Å². The van der Waals surface area contributed by atoms with Crippen LogP contribution < -0.4 is 0 Å². The third kappa shape index (κ3) is 2.15. The number of carbonyl (C=O) groups is 1. The molecule has 2 heterocycles. The fraction of sp³-hybridized carbons (Fsp3) is 0.500. The van der Waals surface area contributed by atoms with Gasteiger partial charge in [0.25, 0.3) is 0 Å². The summed E-state index contributed by atoms with van der Waals surface area (Å²) in [4.78, 5) is 15.7. The van der Waals surface area contributed by atoms with Gasteiger partial charge in [-0.2, -0.15) is 5.10 Å². The molecule has 3 rings (SSSR count). The number of rotatable bonds is 2. The number of carbonyl (C=O) groups excluding carboxylic acids is 1. The lowest BCUT2D eigenvalue weighted by atomic mass is 9.75. The van der Waals surface area contributed by atoms with Gasteiger partial charge < -0.3 is 0 Å². The Morgan fingerprint density at radius 1 is 1.50 bits per heavy atom. The molecule has 18 heavy (non-hydrogen) atoms. The molecule has 0 aliphatic heterocycles. The molecular formula is C14H17N3O. The van der Waals surface area contributed by atoms with E-state index in [0.29, 0.717) is 12.2 Å². The molecule has 94 valence electrons. The molecule has 1 aliphatic rings. The second kappa shape index (κ2) is 4.19. The number of nitrogens with zero attached hydrogens (tertiary/aromatic N) is 3. The number of fused-ring (bicyclic) bond motifs is 1. The van der Waals surface area contributed by atoms with Crippen molar-refractivity contribution >= 4 is 16.7 Å². The Morgan fingerprint density at radius 2 is 2.39 bits per heavy atom. The molecule has 0 aromatic carbocycles. The number of hydrogen-bond donors (Lipinski definition) is 0. The topological polar surface area (TPSA) is 47.8 Å². The minimum atomic E-state index is 0.0603. The second-order valence-corrected chi connectivity index (χ2v) is 5.64. The first-order valence-corrected chi connectivity index (χ1v) is 6.44. The molecule has 0 spiro atoms. The summed E-state index contributed by atoms with van der Waals surface area (Å²) in [5.74, 6) is 0.391. The van der Waals surface area contributed by atoms with Crippen molar-refractivity contribution in [3.63, 3.8) is 0 Å². The average molecular weight is 243 g/mol. The Bertz CT molecular complexity index is 556. The monoisotopic (exact) mass is 243 g/mol. The van der Waals surface area contributed by atoms with Crippen LogP contribution in [0.3, 0.4) is 0 Å². The van der Waals surface area contributed by atoms with E-state index in [1.807, 2.05) is 16.9 Å². The number of ketones is 1. The van der Waals surface area contributed by atoms with Crippen molar-refractivity contribution in [2.75, 3.05) is 0 Å². The molecular weight excluding hydrogens is 226 g/mol. The molecule has 1 fully saturated rings. The zero-order valence-corrected chi connectivity index (χ0v) is 10.6. The molecule has 4 heteroatoms. The van der Waals surface area contributed by atoms with Crippen LogP contribution in [0.4, 0.5) is 0 Å². The van der Waals surface area contributed by atoms with Crippen LogP contribution in [0.2, 0.25) is 0 Å². The zero-order chi connectivity index (χ0) is 12.6. The van der Waals surface area contributed by atoms with Crippen LogP contribution in [0.25, 0.3) is 10.9 Å². The average Bonchev–Trinajstić information content (AvgIpc) is 2.69. The van der Waals surface area contributed by atoms with Gasteiger partial charge in [0, 0.05) is 37.2 Å². The van der Waals surface area contributed by atoms with E-state index in [9.17, 15) is 4.79 Å². The third-order valence-electron chi connectivity index (χ3n) is 3.76. The van der Waals surface area contributed by atoms with Crippen molar-refractivity contribution in [1.82, 2.24) is 14.8 Å². The molecule has 2 aromatic rings. The highest BCUT2D eigenvalue weighted by atomic mass is 16.1. The van der Waals surface area contributed by atoms with Gasteiger partial charge in [0.05, 0.1) is 6.20 Å². The molecule has 1 saturated carbocycles. The Labute approximate surface area is 106 Å². The van der Waals surface area contributed by atoms with Crippen LogP contribution in [-0.4, -0.2) is 20.5 Å². The van der Waals surface area contributed by atoms with Gasteiger partial charge >= 0.3 is 0 Å². The fourth-order valence-corrected chi connectivity index (χ4v) is 2.89. The lowest BCUT2D eigenvalue weighted by Gasteiger charge is -2.32. The minimum absolute atomic E-state index is 0.0603. The number of pyridine rings is 1. The predicted octanol–water partition coefficient (Wildman–Crippen LogP) is 2.58. The van der Waals surface area contributed by atoms with Crippen molar-refractivity contribution in [3.8, 4) is 0 Å². The van der Waals surface area contributed by atoms with Gasteiger partial charge in [-0.1, -0.05) is 6.92 Å². The molecule has 4 nitrogen and oxygen atoms in total.